The van der Waals surface area contributed by atoms with Crippen LogP contribution >= 0.6 is 11.3 Å². The Hall–Kier alpha value is -2.25. The van der Waals surface area contributed by atoms with Crippen LogP contribution in [0.25, 0.3) is 21.1 Å². The minimum absolute atomic E-state index is 0.125. The van der Waals surface area contributed by atoms with Gasteiger partial charge < -0.3 is 16.2 Å². The molecule has 3 rings (SSSR count). The number of primary amides is 1. The van der Waals surface area contributed by atoms with Crippen LogP contribution in [0, 0.1) is 0 Å². The molecule has 0 radical (unpaired) electrons. The van der Waals surface area contributed by atoms with Gasteiger partial charge in [-0.05, 0) is 25.3 Å². The quantitative estimate of drug-likeness (QED) is 0.676. The molecule has 4 N–H and O–H groups in total. The van der Waals surface area contributed by atoms with E-state index in [0.717, 1.165) is 45.4 Å². The van der Waals surface area contributed by atoms with Crippen molar-refractivity contribution in [2.45, 2.75) is 25.3 Å². The molecular formula is C16H18N4O2S. The van der Waals surface area contributed by atoms with E-state index in [1.165, 1.54) is 0 Å². The predicted molar refractivity (Wildman–Crippen MR) is 91.2 cm³/mol. The van der Waals surface area contributed by atoms with Crippen LogP contribution in [-0.4, -0.2) is 22.7 Å². The number of aromatic nitrogens is 2. The van der Waals surface area contributed by atoms with Crippen molar-refractivity contribution in [2.24, 2.45) is 11.5 Å². The van der Waals surface area contributed by atoms with Crippen molar-refractivity contribution in [3.8, 4) is 0 Å². The minimum atomic E-state index is -0.736. The highest BCUT2D eigenvalue weighted by molar-refractivity contribution is 7.19. The summed E-state index contributed by atoms with van der Waals surface area (Å²) in [6.07, 6.45) is 3.44. The fraction of sp³-hybridized carbons (Fsp3) is 0.312. The number of rotatable bonds is 6. The number of benzene rings is 1. The van der Waals surface area contributed by atoms with Gasteiger partial charge in [-0.1, -0.05) is 18.2 Å². The highest BCUT2D eigenvalue weighted by Crippen LogP contribution is 2.32. The number of thiazole rings is 1. The van der Waals surface area contributed by atoms with E-state index < -0.39 is 6.09 Å². The van der Waals surface area contributed by atoms with Gasteiger partial charge in [-0.25, -0.2) is 9.78 Å². The van der Waals surface area contributed by atoms with Crippen molar-refractivity contribution in [1.29, 1.82) is 0 Å². The normalized spacial score (nSPS) is 12.6. The molecule has 0 spiro atoms. The highest BCUT2D eigenvalue weighted by atomic mass is 32.1. The first-order valence-electron chi connectivity index (χ1n) is 7.47. The summed E-state index contributed by atoms with van der Waals surface area (Å²) in [7, 11) is 0. The van der Waals surface area contributed by atoms with Gasteiger partial charge in [0.25, 0.3) is 0 Å². The number of hydrogen-bond acceptors (Lipinski definition) is 6. The van der Waals surface area contributed by atoms with Crippen LogP contribution in [0.1, 0.15) is 30.3 Å². The molecule has 1 atom stereocenters. The Morgan fingerprint density at radius 1 is 1.26 bits per heavy atom. The van der Waals surface area contributed by atoms with Gasteiger partial charge in [-0.15, -0.1) is 11.3 Å². The third-order valence-electron chi connectivity index (χ3n) is 3.62. The SMILES string of the molecule is NC(=O)OCCCCC(N)c1nc2cnc3ccccc3c2s1. The zero-order valence-corrected chi connectivity index (χ0v) is 13.4. The van der Waals surface area contributed by atoms with E-state index >= 15 is 0 Å². The molecule has 120 valence electrons. The van der Waals surface area contributed by atoms with Crippen LogP contribution in [0.2, 0.25) is 0 Å². The molecule has 1 aromatic carbocycles. The lowest BCUT2D eigenvalue weighted by Crippen LogP contribution is -2.14. The van der Waals surface area contributed by atoms with Gasteiger partial charge in [0.1, 0.15) is 10.5 Å². The number of hydrogen-bond donors (Lipinski definition) is 2. The molecular weight excluding hydrogens is 312 g/mol. The van der Waals surface area contributed by atoms with Gasteiger partial charge in [0, 0.05) is 5.39 Å². The average Bonchev–Trinajstić information content (AvgIpc) is 2.99. The molecule has 2 heterocycles. The first kappa shape index (κ1) is 15.6. The maximum absolute atomic E-state index is 10.5. The minimum Gasteiger partial charge on any atom is -0.450 e. The maximum atomic E-state index is 10.5. The maximum Gasteiger partial charge on any atom is 0.404 e. The number of nitrogens with zero attached hydrogens (tertiary/aromatic N) is 2. The molecule has 6 nitrogen and oxygen atoms in total. The Morgan fingerprint density at radius 2 is 2.09 bits per heavy atom. The first-order valence-corrected chi connectivity index (χ1v) is 8.29. The summed E-state index contributed by atoms with van der Waals surface area (Å²) in [5, 5.41) is 2.02. The largest absolute Gasteiger partial charge is 0.450 e. The molecule has 0 saturated heterocycles. The van der Waals surface area contributed by atoms with E-state index in [0.29, 0.717) is 6.61 Å². The van der Waals surface area contributed by atoms with Gasteiger partial charge in [0.05, 0.1) is 29.1 Å². The fourth-order valence-corrected chi connectivity index (χ4v) is 3.57. The van der Waals surface area contributed by atoms with Gasteiger partial charge in [-0.3, -0.25) is 4.98 Å². The standard InChI is InChI=1S/C16H18N4O2S/c17-11(6-3-4-8-22-16(18)21)15-20-13-9-19-12-7-2-1-5-10(12)14(13)23-15/h1-2,5,7,9,11H,3-4,6,8,17H2,(H2,18,21). The zero-order valence-electron chi connectivity index (χ0n) is 12.6. The van der Waals surface area contributed by atoms with E-state index in [2.05, 4.69) is 16.0 Å². The van der Waals surface area contributed by atoms with E-state index in [1.54, 1.807) is 17.5 Å². The van der Waals surface area contributed by atoms with Crippen molar-refractivity contribution in [1.82, 2.24) is 9.97 Å². The molecule has 0 bridgehead atoms. The lowest BCUT2D eigenvalue weighted by molar-refractivity contribution is 0.154. The summed E-state index contributed by atoms with van der Waals surface area (Å²) >= 11 is 1.62. The number of ether oxygens (including phenoxy) is 1. The topological polar surface area (TPSA) is 104 Å². The van der Waals surface area contributed by atoms with Gasteiger partial charge in [0.2, 0.25) is 0 Å². The van der Waals surface area contributed by atoms with Crippen LogP contribution in [0.15, 0.2) is 30.5 Å². The van der Waals surface area contributed by atoms with Crippen LogP contribution in [-0.2, 0) is 4.74 Å². The number of carbonyl (C=O) groups is 1. The molecule has 0 aliphatic rings. The van der Waals surface area contributed by atoms with Crippen LogP contribution < -0.4 is 11.5 Å². The summed E-state index contributed by atoms with van der Waals surface area (Å²) in [5.74, 6) is 0. The molecule has 1 unspecified atom stereocenters. The number of unbranched alkanes of at least 4 members (excludes halogenated alkanes) is 1. The number of fused-ring (bicyclic) bond motifs is 3. The average molecular weight is 330 g/mol. The molecule has 2 aromatic heterocycles. The van der Waals surface area contributed by atoms with E-state index in [-0.39, 0.29) is 6.04 Å². The second-order valence-corrected chi connectivity index (χ2v) is 6.34. The predicted octanol–water partition coefficient (Wildman–Crippen LogP) is 3.11. The molecule has 7 heteroatoms. The lowest BCUT2D eigenvalue weighted by Gasteiger charge is -2.07. The molecule has 1 amide bonds. The number of nitrogens with two attached hydrogens (primary N) is 2. The highest BCUT2D eigenvalue weighted by Gasteiger charge is 2.14. The number of carbonyl (C=O) groups excluding carboxylic acids is 1. The van der Waals surface area contributed by atoms with E-state index in [4.69, 9.17) is 16.2 Å². The second kappa shape index (κ2) is 6.89. The van der Waals surface area contributed by atoms with Crippen LogP contribution in [0.3, 0.4) is 0 Å². The summed E-state index contributed by atoms with van der Waals surface area (Å²) in [5.41, 5.74) is 13.0. The van der Waals surface area contributed by atoms with Crippen molar-refractivity contribution < 1.29 is 9.53 Å². The third-order valence-corrected chi connectivity index (χ3v) is 4.85. The third kappa shape index (κ3) is 3.57. The monoisotopic (exact) mass is 330 g/mol. The van der Waals surface area contributed by atoms with Crippen molar-refractivity contribution >= 4 is 38.5 Å². The Morgan fingerprint density at radius 3 is 2.91 bits per heavy atom. The van der Waals surface area contributed by atoms with E-state index in [9.17, 15) is 4.79 Å². The van der Waals surface area contributed by atoms with Gasteiger partial charge in [0.15, 0.2) is 0 Å². The number of amides is 1. The second-order valence-electron chi connectivity index (χ2n) is 5.31. The van der Waals surface area contributed by atoms with Crippen LogP contribution in [0.4, 0.5) is 4.79 Å². The van der Waals surface area contributed by atoms with Crippen molar-refractivity contribution in [2.75, 3.05) is 6.61 Å². The van der Waals surface area contributed by atoms with Gasteiger partial charge in [-0.2, -0.15) is 0 Å². The Balaban J connectivity index is 1.70. The molecule has 0 aliphatic heterocycles. The fourth-order valence-electron chi connectivity index (χ4n) is 2.46. The summed E-state index contributed by atoms with van der Waals surface area (Å²) in [4.78, 5) is 19.5. The summed E-state index contributed by atoms with van der Waals surface area (Å²) < 4.78 is 5.83. The molecule has 0 fully saturated rings. The Bertz CT molecular complexity index is 833. The lowest BCUT2D eigenvalue weighted by atomic mass is 10.1. The number of para-hydroxylation sites is 1. The molecule has 23 heavy (non-hydrogen) atoms. The Kier molecular flexibility index (Phi) is 4.68. The van der Waals surface area contributed by atoms with E-state index in [1.807, 2.05) is 18.2 Å². The molecule has 0 aliphatic carbocycles. The molecule has 3 aromatic rings. The summed E-state index contributed by atoms with van der Waals surface area (Å²) in [6, 6.07) is 7.90. The van der Waals surface area contributed by atoms with Crippen LogP contribution in [0.5, 0.6) is 0 Å². The molecule has 0 saturated carbocycles. The zero-order chi connectivity index (χ0) is 16.2. The van der Waals surface area contributed by atoms with Gasteiger partial charge >= 0.3 is 6.09 Å². The smallest absolute Gasteiger partial charge is 0.404 e. The Labute approximate surface area is 137 Å². The van der Waals surface area contributed by atoms with Crippen molar-refractivity contribution in [3.63, 3.8) is 0 Å². The first-order chi connectivity index (χ1) is 11.1. The van der Waals surface area contributed by atoms with Crippen molar-refractivity contribution in [3.05, 3.63) is 35.5 Å². The number of pyridine rings is 1. The summed E-state index contributed by atoms with van der Waals surface area (Å²) in [6.45, 7) is 0.330.